The van der Waals surface area contributed by atoms with E-state index in [1.54, 1.807) is 7.11 Å². The summed E-state index contributed by atoms with van der Waals surface area (Å²) >= 11 is 0. The highest BCUT2D eigenvalue weighted by atomic mass is 19.1. The molecule has 0 atom stereocenters. The van der Waals surface area contributed by atoms with E-state index < -0.39 is 17.8 Å². The number of ether oxygens (including phenoxy) is 2. The number of hydrogen-bond donors (Lipinski definition) is 3. The molecule has 2 amide bonds. The average Bonchev–Trinajstić information content (AvgIpc) is 2.44. The molecule has 0 bridgehead atoms. The Balaban J connectivity index is 2.40. The minimum atomic E-state index is -1.20. The Bertz CT molecular complexity index is 495. The van der Waals surface area contributed by atoms with Gasteiger partial charge in [-0.15, -0.1) is 0 Å². The molecule has 3 N–H and O–H groups in total. The minimum Gasteiger partial charge on any atom is -0.478 e. The number of urea groups is 1. The van der Waals surface area contributed by atoms with Crippen molar-refractivity contribution >= 4 is 17.7 Å². The molecule has 0 unspecified atom stereocenters. The van der Waals surface area contributed by atoms with E-state index in [9.17, 15) is 14.0 Å². The highest BCUT2D eigenvalue weighted by Crippen LogP contribution is 2.16. The van der Waals surface area contributed by atoms with Gasteiger partial charge in [0.2, 0.25) is 0 Å². The molecule has 0 spiro atoms. The van der Waals surface area contributed by atoms with Gasteiger partial charge in [-0.3, -0.25) is 0 Å². The summed E-state index contributed by atoms with van der Waals surface area (Å²) in [6.07, 6.45) is 0. The number of carbonyl (C=O) groups is 2. The molecule has 0 fully saturated rings. The predicted molar refractivity (Wildman–Crippen MR) is 73.1 cm³/mol. The third-order valence-corrected chi connectivity index (χ3v) is 2.43. The largest absolute Gasteiger partial charge is 0.478 e. The number of methoxy groups -OCH3 is 1. The number of aromatic carboxylic acids is 1. The van der Waals surface area contributed by atoms with Crippen molar-refractivity contribution in [2.75, 3.05) is 38.8 Å². The molecule has 8 heteroatoms. The van der Waals surface area contributed by atoms with Crippen molar-refractivity contribution in [2.24, 2.45) is 0 Å². The van der Waals surface area contributed by atoms with Crippen LogP contribution in [0.1, 0.15) is 10.4 Å². The van der Waals surface area contributed by atoms with E-state index in [0.29, 0.717) is 13.2 Å². The topological polar surface area (TPSA) is 96.9 Å². The molecule has 1 aromatic carbocycles. The average molecular weight is 300 g/mol. The lowest BCUT2D eigenvalue weighted by Gasteiger charge is -2.09. The normalized spacial score (nSPS) is 10.2. The van der Waals surface area contributed by atoms with Crippen molar-refractivity contribution < 1.29 is 28.6 Å². The lowest BCUT2D eigenvalue weighted by molar-refractivity contribution is 0.0697. The second-order valence-corrected chi connectivity index (χ2v) is 3.99. The van der Waals surface area contributed by atoms with Crippen LogP contribution in [0, 0.1) is 5.82 Å². The van der Waals surface area contributed by atoms with Crippen molar-refractivity contribution in [1.29, 1.82) is 0 Å². The molecule has 0 aliphatic carbocycles. The molecule has 1 rings (SSSR count). The van der Waals surface area contributed by atoms with Crippen LogP contribution in [0.25, 0.3) is 0 Å². The van der Waals surface area contributed by atoms with E-state index in [1.165, 1.54) is 0 Å². The minimum absolute atomic E-state index is 0.116. The molecule has 116 valence electrons. The zero-order valence-corrected chi connectivity index (χ0v) is 11.5. The third kappa shape index (κ3) is 6.19. The molecule has 0 aliphatic heterocycles. The summed E-state index contributed by atoms with van der Waals surface area (Å²) < 4.78 is 23.4. The molecule has 0 radical (unpaired) electrons. The Morgan fingerprint density at radius 1 is 1.29 bits per heavy atom. The zero-order chi connectivity index (χ0) is 15.7. The van der Waals surface area contributed by atoms with Gasteiger partial charge in [0.25, 0.3) is 0 Å². The molecule has 0 aliphatic rings. The number of carbonyl (C=O) groups excluding carboxylic acids is 1. The fraction of sp³-hybridized carbons (Fsp3) is 0.385. The zero-order valence-electron chi connectivity index (χ0n) is 11.5. The van der Waals surface area contributed by atoms with Crippen LogP contribution in [0.3, 0.4) is 0 Å². The number of benzene rings is 1. The van der Waals surface area contributed by atoms with Crippen molar-refractivity contribution in [3.05, 3.63) is 29.6 Å². The van der Waals surface area contributed by atoms with Crippen molar-refractivity contribution in [3.8, 4) is 0 Å². The fourth-order valence-corrected chi connectivity index (χ4v) is 1.40. The highest BCUT2D eigenvalue weighted by Gasteiger charge is 2.10. The maximum atomic E-state index is 13.4. The summed E-state index contributed by atoms with van der Waals surface area (Å²) in [5.41, 5.74) is -0.317. The van der Waals surface area contributed by atoms with Crippen LogP contribution in [0.4, 0.5) is 14.9 Å². The number of halogens is 1. The Hall–Kier alpha value is -2.19. The fourth-order valence-electron chi connectivity index (χ4n) is 1.40. The maximum Gasteiger partial charge on any atom is 0.335 e. The summed E-state index contributed by atoms with van der Waals surface area (Å²) in [5, 5.41) is 13.5. The number of hydrogen-bond acceptors (Lipinski definition) is 4. The smallest absolute Gasteiger partial charge is 0.335 e. The first-order chi connectivity index (χ1) is 10.0. The first-order valence-electron chi connectivity index (χ1n) is 6.19. The van der Waals surface area contributed by atoms with E-state index in [2.05, 4.69) is 10.6 Å². The number of carboxylic acids is 1. The van der Waals surface area contributed by atoms with E-state index in [0.717, 1.165) is 18.2 Å². The van der Waals surface area contributed by atoms with Gasteiger partial charge in [-0.1, -0.05) is 0 Å². The molecular formula is C13H17FN2O5. The molecule has 7 nitrogen and oxygen atoms in total. The standard InChI is InChI=1S/C13H17FN2O5/c1-20-6-7-21-5-4-15-13(19)16-11-8-9(12(17)18)2-3-10(11)14/h2-3,8H,4-7H2,1H3,(H,17,18)(H2,15,16,19). The first-order valence-corrected chi connectivity index (χ1v) is 6.19. The molecule has 0 saturated carbocycles. The third-order valence-electron chi connectivity index (χ3n) is 2.43. The summed E-state index contributed by atoms with van der Waals surface area (Å²) in [6, 6.07) is 2.50. The predicted octanol–water partition coefficient (Wildman–Crippen LogP) is 1.31. The molecule has 0 saturated heterocycles. The van der Waals surface area contributed by atoms with Crippen LogP contribution in [0.2, 0.25) is 0 Å². The van der Waals surface area contributed by atoms with Gasteiger partial charge in [-0.25, -0.2) is 14.0 Å². The van der Waals surface area contributed by atoms with Crippen LogP contribution < -0.4 is 10.6 Å². The first kappa shape index (κ1) is 16.9. The van der Waals surface area contributed by atoms with Gasteiger partial charge < -0.3 is 25.2 Å². The van der Waals surface area contributed by atoms with E-state index in [4.69, 9.17) is 14.6 Å². The Labute approximate surface area is 121 Å². The summed E-state index contributed by atoms with van der Waals surface area (Å²) in [5.74, 6) is -1.92. The van der Waals surface area contributed by atoms with E-state index in [-0.39, 0.29) is 24.4 Å². The molecule has 0 aromatic heterocycles. The maximum absolute atomic E-state index is 13.4. The highest BCUT2D eigenvalue weighted by molar-refractivity contribution is 5.93. The number of carboxylic acid groups (broad SMARTS) is 1. The van der Waals surface area contributed by atoms with Crippen LogP contribution in [0.5, 0.6) is 0 Å². The monoisotopic (exact) mass is 300 g/mol. The van der Waals surface area contributed by atoms with Gasteiger partial charge in [0, 0.05) is 13.7 Å². The lowest BCUT2D eigenvalue weighted by Crippen LogP contribution is -2.32. The summed E-state index contributed by atoms with van der Waals surface area (Å²) in [6.45, 7) is 1.39. The van der Waals surface area contributed by atoms with Crippen molar-refractivity contribution in [1.82, 2.24) is 5.32 Å². The Morgan fingerprint density at radius 3 is 2.71 bits per heavy atom. The van der Waals surface area contributed by atoms with Crippen molar-refractivity contribution in [2.45, 2.75) is 0 Å². The number of nitrogens with one attached hydrogen (secondary N) is 2. The van der Waals surface area contributed by atoms with Crippen LogP contribution in [0.15, 0.2) is 18.2 Å². The molecule has 1 aromatic rings. The van der Waals surface area contributed by atoms with Gasteiger partial charge in [-0.2, -0.15) is 0 Å². The number of amides is 2. The molecule has 21 heavy (non-hydrogen) atoms. The van der Waals surface area contributed by atoms with Gasteiger partial charge in [0.05, 0.1) is 31.1 Å². The number of anilines is 1. The van der Waals surface area contributed by atoms with Crippen LogP contribution in [-0.2, 0) is 9.47 Å². The Kier molecular flexibility index (Phi) is 7.13. The lowest BCUT2D eigenvalue weighted by atomic mass is 10.2. The molecule has 0 heterocycles. The molecular weight excluding hydrogens is 283 g/mol. The van der Waals surface area contributed by atoms with E-state index >= 15 is 0 Å². The summed E-state index contributed by atoms with van der Waals surface area (Å²) in [7, 11) is 1.55. The Morgan fingerprint density at radius 2 is 2.05 bits per heavy atom. The van der Waals surface area contributed by atoms with Crippen LogP contribution in [-0.4, -0.2) is 50.6 Å². The van der Waals surface area contributed by atoms with E-state index in [1.807, 2.05) is 0 Å². The van der Waals surface area contributed by atoms with Crippen LogP contribution >= 0.6 is 0 Å². The van der Waals surface area contributed by atoms with Gasteiger partial charge in [0.15, 0.2) is 0 Å². The number of rotatable bonds is 8. The quantitative estimate of drug-likeness (QED) is 0.629. The van der Waals surface area contributed by atoms with Gasteiger partial charge >= 0.3 is 12.0 Å². The van der Waals surface area contributed by atoms with Gasteiger partial charge in [-0.05, 0) is 18.2 Å². The SMILES string of the molecule is COCCOCCNC(=O)Nc1cc(C(=O)O)ccc1F. The summed E-state index contributed by atoms with van der Waals surface area (Å²) in [4.78, 5) is 22.3. The second kappa shape index (κ2) is 8.88. The van der Waals surface area contributed by atoms with Crippen molar-refractivity contribution in [3.63, 3.8) is 0 Å². The van der Waals surface area contributed by atoms with Gasteiger partial charge in [0.1, 0.15) is 5.82 Å². The second-order valence-electron chi connectivity index (χ2n) is 3.99.